The van der Waals surface area contributed by atoms with E-state index in [9.17, 15) is 14.7 Å². The molecule has 0 bridgehead atoms. The number of carboxylic acids is 1. The summed E-state index contributed by atoms with van der Waals surface area (Å²) in [6, 6.07) is 0.312. The highest BCUT2D eigenvalue weighted by atomic mass is 16.4. The molecule has 1 aliphatic rings. The molecule has 2 unspecified atom stereocenters. The van der Waals surface area contributed by atoms with Crippen LogP contribution in [0.15, 0.2) is 0 Å². The standard InChI is InChI=1S/C16H29NO3/c1-5-8-13-9-6-7-10-17(13)14(18)11-16(4,12(2)3)15(19)20/h12-13H,5-11H2,1-4H3,(H,19,20). The molecular formula is C16H29NO3. The van der Waals surface area contributed by atoms with E-state index >= 15 is 0 Å². The van der Waals surface area contributed by atoms with Crippen molar-refractivity contribution < 1.29 is 14.7 Å². The minimum Gasteiger partial charge on any atom is -0.481 e. The van der Waals surface area contributed by atoms with Gasteiger partial charge in [-0.2, -0.15) is 0 Å². The van der Waals surface area contributed by atoms with Crippen LogP contribution < -0.4 is 0 Å². The summed E-state index contributed by atoms with van der Waals surface area (Å²) in [7, 11) is 0. The number of nitrogens with zero attached hydrogens (tertiary/aromatic N) is 1. The van der Waals surface area contributed by atoms with Crippen LogP contribution in [0.5, 0.6) is 0 Å². The molecule has 0 radical (unpaired) electrons. The van der Waals surface area contributed by atoms with E-state index in [-0.39, 0.29) is 18.2 Å². The van der Waals surface area contributed by atoms with E-state index in [0.29, 0.717) is 6.04 Å². The maximum Gasteiger partial charge on any atom is 0.310 e. The number of carbonyl (C=O) groups excluding carboxylic acids is 1. The summed E-state index contributed by atoms with van der Waals surface area (Å²) in [4.78, 5) is 26.0. The van der Waals surface area contributed by atoms with E-state index < -0.39 is 11.4 Å². The fraction of sp³-hybridized carbons (Fsp3) is 0.875. The second-order valence-corrected chi connectivity index (χ2v) is 6.58. The van der Waals surface area contributed by atoms with Crippen molar-refractivity contribution in [2.45, 2.75) is 72.3 Å². The zero-order chi connectivity index (χ0) is 15.3. The second kappa shape index (κ2) is 7.09. The van der Waals surface area contributed by atoms with E-state index in [2.05, 4.69) is 6.92 Å². The van der Waals surface area contributed by atoms with E-state index in [1.807, 2.05) is 18.7 Å². The number of piperidine rings is 1. The smallest absolute Gasteiger partial charge is 0.310 e. The van der Waals surface area contributed by atoms with Gasteiger partial charge in [0.05, 0.1) is 5.41 Å². The summed E-state index contributed by atoms with van der Waals surface area (Å²) in [5, 5.41) is 9.45. The molecule has 1 heterocycles. The Labute approximate surface area is 122 Å². The second-order valence-electron chi connectivity index (χ2n) is 6.58. The SMILES string of the molecule is CCCC1CCCCN1C(=O)CC(C)(C(=O)O)C(C)C. The Morgan fingerprint density at radius 2 is 2.00 bits per heavy atom. The van der Waals surface area contributed by atoms with Crippen LogP contribution >= 0.6 is 0 Å². The van der Waals surface area contributed by atoms with Crippen molar-refractivity contribution in [2.24, 2.45) is 11.3 Å². The average molecular weight is 283 g/mol. The number of carboxylic acid groups (broad SMARTS) is 1. The number of likely N-dealkylation sites (tertiary alicyclic amines) is 1. The van der Waals surface area contributed by atoms with Crippen molar-refractivity contribution in [2.75, 3.05) is 6.54 Å². The molecule has 2 atom stereocenters. The van der Waals surface area contributed by atoms with E-state index in [1.165, 1.54) is 6.42 Å². The lowest BCUT2D eigenvalue weighted by molar-refractivity contribution is -0.156. The molecule has 1 rings (SSSR count). The molecule has 0 spiro atoms. The van der Waals surface area contributed by atoms with Gasteiger partial charge in [-0.3, -0.25) is 9.59 Å². The molecule has 1 aliphatic heterocycles. The maximum atomic E-state index is 12.6. The number of hydrogen-bond acceptors (Lipinski definition) is 2. The van der Waals surface area contributed by atoms with Crippen molar-refractivity contribution in [3.8, 4) is 0 Å². The fourth-order valence-electron chi connectivity index (χ4n) is 2.90. The summed E-state index contributed by atoms with van der Waals surface area (Å²) in [5.41, 5.74) is -0.967. The van der Waals surface area contributed by atoms with Gasteiger partial charge in [0.15, 0.2) is 0 Å². The summed E-state index contributed by atoms with van der Waals surface area (Å²) in [6.07, 6.45) is 5.48. The van der Waals surface area contributed by atoms with Gasteiger partial charge in [-0.25, -0.2) is 0 Å². The molecule has 1 fully saturated rings. The van der Waals surface area contributed by atoms with Crippen LogP contribution in [0.1, 0.15) is 66.2 Å². The first-order chi connectivity index (χ1) is 9.32. The van der Waals surface area contributed by atoms with Gasteiger partial charge in [0.1, 0.15) is 0 Å². The Bertz CT molecular complexity index is 352. The third-order valence-corrected chi connectivity index (χ3v) is 4.85. The Morgan fingerprint density at radius 1 is 1.35 bits per heavy atom. The quantitative estimate of drug-likeness (QED) is 0.813. The molecule has 20 heavy (non-hydrogen) atoms. The number of rotatable bonds is 6. The molecule has 4 nitrogen and oxygen atoms in total. The highest BCUT2D eigenvalue weighted by Gasteiger charge is 2.41. The minimum atomic E-state index is -0.967. The Kier molecular flexibility index (Phi) is 6.03. The highest BCUT2D eigenvalue weighted by molar-refractivity contribution is 5.85. The Balaban J connectivity index is 2.79. The minimum absolute atomic E-state index is 0.0155. The van der Waals surface area contributed by atoms with Gasteiger partial charge in [-0.15, -0.1) is 0 Å². The van der Waals surface area contributed by atoms with Crippen molar-refractivity contribution in [1.29, 1.82) is 0 Å². The molecule has 0 aromatic heterocycles. The number of hydrogen-bond donors (Lipinski definition) is 1. The summed E-state index contributed by atoms with van der Waals surface area (Å²) >= 11 is 0. The van der Waals surface area contributed by atoms with Crippen LogP contribution in [0.4, 0.5) is 0 Å². The van der Waals surface area contributed by atoms with Gasteiger partial charge in [-0.1, -0.05) is 27.2 Å². The van der Waals surface area contributed by atoms with Crippen LogP contribution in [0.3, 0.4) is 0 Å². The third-order valence-electron chi connectivity index (χ3n) is 4.85. The number of carbonyl (C=O) groups is 2. The molecule has 4 heteroatoms. The normalized spacial score (nSPS) is 22.6. The lowest BCUT2D eigenvalue weighted by atomic mass is 9.76. The van der Waals surface area contributed by atoms with E-state index in [4.69, 9.17) is 0 Å². The maximum absolute atomic E-state index is 12.6. The zero-order valence-corrected chi connectivity index (χ0v) is 13.3. The van der Waals surface area contributed by atoms with Crippen molar-refractivity contribution >= 4 is 11.9 Å². The van der Waals surface area contributed by atoms with Crippen LogP contribution in [0.2, 0.25) is 0 Å². The van der Waals surface area contributed by atoms with Crippen LogP contribution in [0, 0.1) is 11.3 Å². The van der Waals surface area contributed by atoms with Gasteiger partial charge < -0.3 is 10.0 Å². The summed E-state index contributed by atoms with van der Waals surface area (Å²) in [5.74, 6) is -0.912. The largest absolute Gasteiger partial charge is 0.481 e. The molecule has 0 aromatic carbocycles. The topological polar surface area (TPSA) is 57.6 Å². The first kappa shape index (κ1) is 17.0. The van der Waals surface area contributed by atoms with Crippen LogP contribution in [-0.4, -0.2) is 34.5 Å². The molecule has 0 saturated carbocycles. The van der Waals surface area contributed by atoms with Crippen LogP contribution in [-0.2, 0) is 9.59 Å². The predicted molar refractivity (Wildman–Crippen MR) is 79.5 cm³/mol. The summed E-state index contributed by atoms with van der Waals surface area (Å²) in [6.45, 7) is 8.36. The Morgan fingerprint density at radius 3 is 2.50 bits per heavy atom. The lowest BCUT2D eigenvalue weighted by Gasteiger charge is -2.38. The van der Waals surface area contributed by atoms with Gasteiger partial charge in [0.25, 0.3) is 0 Å². The predicted octanol–water partition coefficient (Wildman–Crippen LogP) is 3.30. The first-order valence-electron chi connectivity index (χ1n) is 7.85. The molecule has 1 N–H and O–H groups in total. The average Bonchev–Trinajstić information content (AvgIpc) is 2.39. The molecule has 1 saturated heterocycles. The Hall–Kier alpha value is -1.06. The molecule has 0 aromatic rings. The zero-order valence-electron chi connectivity index (χ0n) is 13.3. The highest BCUT2D eigenvalue weighted by Crippen LogP contribution is 2.33. The number of amides is 1. The number of aliphatic carboxylic acids is 1. The molecule has 116 valence electrons. The van der Waals surface area contributed by atoms with E-state index in [0.717, 1.165) is 32.2 Å². The van der Waals surface area contributed by atoms with Crippen molar-refractivity contribution in [1.82, 2.24) is 4.90 Å². The monoisotopic (exact) mass is 283 g/mol. The van der Waals surface area contributed by atoms with Gasteiger partial charge >= 0.3 is 5.97 Å². The van der Waals surface area contributed by atoms with E-state index in [1.54, 1.807) is 6.92 Å². The van der Waals surface area contributed by atoms with Gasteiger partial charge in [0, 0.05) is 19.0 Å². The van der Waals surface area contributed by atoms with Gasteiger partial charge in [-0.05, 0) is 38.5 Å². The van der Waals surface area contributed by atoms with Crippen molar-refractivity contribution in [3.63, 3.8) is 0 Å². The van der Waals surface area contributed by atoms with Crippen LogP contribution in [0.25, 0.3) is 0 Å². The lowest BCUT2D eigenvalue weighted by Crippen LogP contribution is -2.47. The van der Waals surface area contributed by atoms with Crippen molar-refractivity contribution in [3.05, 3.63) is 0 Å². The summed E-state index contributed by atoms with van der Waals surface area (Å²) < 4.78 is 0. The molecule has 0 aliphatic carbocycles. The first-order valence-corrected chi connectivity index (χ1v) is 7.85. The molecule has 1 amide bonds. The third kappa shape index (κ3) is 3.74. The molecular weight excluding hydrogens is 254 g/mol. The fourth-order valence-corrected chi connectivity index (χ4v) is 2.90. The van der Waals surface area contributed by atoms with Gasteiger partial charge in [0.2, 0.25) is 5.91 Å².